The number of halogens is 1. The predicted octanol–water partition coefficient (Wildman–Crippen LogP) is 2.48. The highest BCUT2D eigenvalue weighted by atomic mass is 35.5. The fourth-order valence-corrected chi connectivity index (χ4v) is 1.69. The molecule has 0 atom stereocenters. The molecule has 0 aliphatic carbocycles. The average Bonchev–Trinajstić information content (AvgIpc) is 2.42. The SMILES string of the molecule is NCc1ccnc(Oc2ccc(CO)cc2)c1Cl. The van der Waals surface area contributed by atoms with E-state index in [1.54, 1.807) is 36.5 Å². The highest BCUT2D eigenvalue weighted by Gasteiger charge is 2.08. The summed E-state index contributed by atoms with van der Waals surface area (Å²) in [6, 6.07) is 8.80. The van der Waals surface area contributed by atoms with Crippen molar-refractivity contribution in [2.45, 2.75) is 13.2 Å². The van der Waals surface area contributed by atoms with E-state index in [0.29, 0.717) is 23.2 Å². The van der Waals surface area contributed by atoms with Crippen molar-refractivity contribution in [2.75, 3.05) is 0 Å². The molecule has 4 nitrogen and oxygen atoms in total. The molecular formula is C13H13ClN2O2. The summed E-state index contributed by atoms with van der Waals surface area (Å²) in [7, 11) is 0. The number of aliphatic hydroxyl groups excluding tert-OH is 1. The number of nitrogens with zero attached hydrogens (tertiary/aromatic N) is 1. The summed E-state index contributed by atoms with van der Waals surface area (Å²) in [6.45, 7) is 0.336. The van der Waals surface area contributed by atoms with Crippen molar-refractivity contribution in [1.29, 1.82) is 0 Å². The van der Waals surface area contributed by atoms with Gasteiger partial charge in [-0.15, -0.1) is 0 Å². The second kappa shape index (κ2) is 5.82. The maximum absolute atomic E-state index is 8.94. The van der Waals surface area contributed by atoms with Gasteiger partial charge in [0.2, 0.25) is 5.88 Å². The Bertz CT molecular complexity index is 529. The lowest BCUT2D eigenvalue weighted by atomic mass is 10.2. The minimum absolute atomic E-state index is 0.00193. The van der Waals surface area contributed by atoms with Gasteiger partial charge in [0.15, 0.2) is 0 Å². The molecule has 1 aromatic carbocycles. The van der Waals surface area contributed by atoms with Crippen LogP contribution in [0.3, 0.4) is 0 Å². The molecule has 1 heterocycles. The van der Waals surface area contributed by atoms with Gasteiger partial charge in [-0.3, -0.25) is 0 Å². The molecule has 0 radical (unpaired) electrons. The third-order valence-electron chi connectivity index (χ3n) is 2.48. The van der Waals surface area contributed by atoms with Crippen LogP contribution in [-0.4, -0.2) is 10.1 Å². The van der Waals surface area contributed by atoms with E-state index in [-0.39, 0.29) is 6.61 Å². The Labute approximate surface area is 110 Å². The lowest BCUT2D eigenvalue weighted by Crippen LogP contribution is -1.99. The molecule has 0 spiro atoms. The minimum Gasteiger partial charge on any atom is -0.438 e. The molecule has 0 aliphatic heterocycles. The summed E-state index contributed by atoms with van der Waals surface area (Å²) in [6.07, 6.45) is 1.60. The van der Waals surface area contributed by atoms with E-state index < -0.39 is 0 Å². The molecule has 2 rings (SSSR count). The molecule has 18 heavy (non-hydrogen) atoms. The van der Waals surface area contributed by atoms with Gasteiger partial charge in [-0.1, -0.05) is 23.7 Å². The number of benzene rings is 1. The van der Waals surface area contributed by atoms with Gasteiger partial charge in [-0.2, -0.15) is 0 Å². The molecule has 3 N–H and O–H groups in total. The molecule has 1 aromatic heterocycles. The van der Waals surface area contributed by atoms with Crippen molar-refractivity contribution in [3.63, 3.8) is 0 Å². The Balaban J connectivity index is 2.22. The zero-order valence-corrected chi connectivity index (χ0v) is 10.4. The molecule has 0 aliphatic rings. The number of ether oxygens (including phenoxy) is 1. The number of hydrogen-bond acceptors (Lipinski definition) is 4. The van der Waals surface area contributed by atoms with Gasteiger partial charge in [0.1, 0.15) is 10.8 Å². The summed E-state index contributed by atoms with van der Waals surface area (Å²) in [4.78, 5) is 4.07. The summed E-state index contributed by atoms with van der Waals surface area (Å²) in [5.74, 6) is 0.937. The van der Waals surface area contributed by atoms with E-state index in [9.17, 15) is 0 Å². The Kier molecular flexibility index (Phi) is 4.15. The number of rotatable bonds is 4. The minimum atomic E-state index is 0.00193. The maximum atomic E-state index is 8.94. The Morgan fingerprint density at radius 3 is 2.56 bits per heavy atom. The first-order valence-corrected chi connectivity index (χ1v) is 5.83. The first kappa shape index (κ1) is 12.8. The molecule has 0 bridgehead atoms. The fourth-order valence-electron chi connectivity index (χ4n) is 1.47. The van der Waals surface area contributed by atoms with E-state index in [4.69, 9.17) is 27.2 Å². The third kappa shape index (κ3) is 2.79. The highest BCUT2D eigenvalue weighted by molar-refractivity contribution is 6.32. The van der Waals surface area contributed by atoms with E-state index in [0.717, 1.165) is 11.1 Å². The molecule has 2 aromatic rings. The fraction of sp³-hybridized carbons (Fsp3) is 0.154. The van der Waals surface area contributed by atoms with Gasteiger partial charge in [-0.25, -0.2) is 4.98 Å². The lowest BCUT2D eigenvalue weighted by molar-refractivity contribution is 0.281. The van der Waals surface area contributed by atoms with Gasteiger partial charge in [0.05, 0.1) is 6.61 Å². The lowest BCUT2D eigenvalue weighted by Gasteiger charge is -2.09. The number of aromatic nitrogens is 1. The van der Waals surface area contributed by atoms with Gasteiger partial charge >= 0.3 is 0 Å². The van der Waals surface area contributed by atoms with E-state index >= 15 is 0 Å². The van der Waals surface area contributed by atoms with Crippen LogP contribution >= 0.6 is 11.6 Å². The molecule has 94 valence electrons. The molecule has 0 saturated carbocycles. The Morgan fingerprint density at radius 1 is 1.22 bits per heavy atom. The van der Waals surface area contributed by atoms with Crippen LogP contribution in [0.1, 0.15) is 11.1 Å². The van der Waals surface area contributed by atoms with E-state index in [1.807, 2.05) is 0 Å². The highest BCUT2D eigenvalue weighted by Crippen LogP contribution is 2.29. The van der Waals surface area contributed by atoms with Gasteiger partial charge in [0.25, 0.3) is 0 Å². The predicted molar refractivity (Wildman–Crippen MR) is 69.6 cm³/mol. The van der Waals surface area contributed by atoms with Crippen molar-refractivity contribution in [2.24, 2.45) is 5.73 Å². The maximum Gasteiger partial charge on any atom is 0.238 e. The van der Waals surface area contributed by atoms with Crippen LogP contribution in [0.5, 0.6) is 11.6 Å². The van der Waals surface area contributed by atoms with Crippen LogP contribution in [0.4, 0.5) is 0 Å². The smallest absolute Gasteiger partial charge is 0.238 e. The molecular weight excluding hydrogens is 252 g/mol. The number of pyridine rings is 1. The molecule has 0 saturated heterocycles. The largest absolute Gasteiger partial charge is 0.438 e. The van der Waals surface area contributed by atoms with Gasteiger partial charge in [0, 0.05) is 12.7 Å². The van der Waals surface area contributed by atoms with Gasteiger partial charge < -0.3 is 15.6 Å². The molecule has 0 fully saturated rings. The molecule has 5 heteroatoms. The molecule has 0 unspecified atom stereocenters. The van der Waals surface area contributed by atoms with E-state index in [2.05, 4.69) is 4.98 Å². The van der Waals surface area contributed by atoms with Crippen LogP contribution in [-0.2, 0) is 13.2 Å². The summed E-state index contributed by atoms with van der Waals surface area (Å²) in [5.41, 5.74) is 7.16. The van der Waals surface area contributed by atoms with Crippen molar-refractivity contribution in [3.8, 4) is 11.6 Å². The standard InChI is InChI=1S/C13H13ClN2O2/c14-12-10(7-15)5-6-16-13(12)18-11-3-1-9(8-17)2-4-11/h1-6,17H,7-8,15H2. The van der Waals surface area contributed by atoms with Crippen LogP contribution in [0.2, 0.25) is 5.02 Å². The van der Waals surface area contributed by atoms with Gasteiger partial charge in [-0.05, 0) is 29.3 Å². The zero-order valence-electron chi connectivity index (χ0n) is 9.64. The summed E-state index contributed by atoms with van der Waals surface area (Å²) in [5, 5.41) is 9.36. The van der Waals surface area contributed by atoms with Crippen LogP contribution in [0.15, 0.2) is 36.5 Å². The topological polar surface area (TPSA) is 68.4 Å². The van der Waals surface area contributed by atoms with E-state index in [1.165, 1.54) is 0 Å². The first-order valence-electron chi connectivity index (χ1n) is 5.45. The van der Waals surface area contributed by atoms with Crippen LogP contribution < -0.4 is 10.5 Å². The number of nitrogens with two attached hydrogens (primary N) is 1. The Morgan fingerprint density at radius 2 is 1.94 bits per heavy atom. The summed E-state index contributed by atoms with van der Waals surface area (Å²) >= 11 is 6.11. The zero-order chi connectivity index (χ0) is 13.0. The van der Waals surface area contributed by atoms with Crippen molar-refractivity contribution >= 4 is 11.6 Å². The quantitative estimate of drug-likeness (QED) is 0.890. The monoisotopic (exact) mass is 264 g/mol. The van der Waals surface area contributed by atoms with Crippen LogP contribution in [0, 0.1) is 0 Å². The summed E-state index contributed by atoms with van der Waals surface area (Å²) < 4.78 is 5.57. The van der Waals surface area contributed by atoms with Crippen molar-refractivity contribution < 1.29 is 9.84 Å². The number of aliphatic hydroxyl groups is 1. The number of hydrogen-bond donors (Lipinski definition) is 2. The Hall–Kier alpha value is -1.62. The normalized spacial score (nSPS) is 10.4. The second-order valence-electron chi connectivity index (χ2n) is 3.70. The first-order chi connectivity index (χ1) is 8.74. The van der Waals surface area contributed by atoms with Crippen LogP contribution in [0.25, 0.3) is 0 Å². The van der Waals surface area contributed by atoms with Crippen molar-refractivity contribution in [1.82, 2.24) is 4.98 Å². The third-order valence-corrected chi connectivity index (χ3v) is 2.88. The average molecular weight is 265 g/mol. The molecule has 0 amide bonds. The van der Waals surface area contributed by atoms with Crippen molar-refractivity contribution in [3.05, 3.63) is 52.7 Å². The second-order valence-corrected chi connectivity index (χ2v) is 4.08.